The summed E-state index contributed by atoms with van der Waals surface area (Å²) in [5, 5.41) is 6.04. The molecule has 2 heterocycles. The van der Waals surface area contributed by atoms with Crippen LogP contribution in [0.5, 0.6) is 0 Å². The first-order valence-corrected chi connectivity index (χ1v) is 5.89. The number of ketones is 1. The van der Waals surface area contributed by atoms with Gasteiger partial charge in [0, 0.05) is 19.5 Å². The lowest BCUT2D eigenvalue weighted by atomic mass is 9.86. The highest BCUT2D eigenvalue weighted by Crippen LogP contribution is 2.32. The molecule has 2 aliphatic heterocycles. The molecule has 2 N–H and O–H groups in total. The quantitative estimate of drug-likeness (QED) is 0.692. The molecule has 1 fully saturated rings. The van der Waals surface area contributed by atoms with Crippen molar-refractivity contribution in [2.45, 2.75) is 19.0 Å². The van der Waals surface area contributed by atoms with Gasteiger partial charge in [0.05, 0.1) is 6.04 Å². The van der Waals surface area contributed by atoms with Crippen molar-refractivity contribution in [1.29, 1.82) is 0 Å². The summed E-state index contributed by atoms with van der Waals surface area (Å²) < 4.78 is 0. The lowest BCUT2D eigenvalue weighted by Gasteiger charge is -2.26. The van der Waals surface area contributed by atoms with E-state index in [4.69, 9.17) is 0 Å². The third kappa shape index (κ3) is 1.65. The predicted octanol–water partition coefficient (Wildman–Crippen LogP) is 0.536. The van der Waals surface area contributed by atoms with Crippen molar-refractivity contribution >= 4 is 11.7 Å². The van der Waals surface area contributed by atoms with Gasteiger partial charge < -0.3 is 10.6 Å². The second kappa shape index (κ2) is 3.96. The minimum Gasteiger partial charge on any atom is -0.355 e. The molecule has 1 aromatic rings. The van der Waals surface area contributed by atoms with E-state index in [1.54, 1.807) is 0 Å². The van der Waals surface area contributed by atoms with E-state index in [0.29, 0.717) is 13.0 Å². The molecule has 2 aliphatic rings. The van der Waals surface area contributed by atoms with E-state index in [9.17, 15) is 9.59 Å². The van der Waals surface area contributed by atoms with Crippen molar-refractivity contribution in [3.05, 3.63) is 35.4 Å². The van der Waals surface area contributed by atoms with Gasteiger partial charge in [0.25, 0.3) is 0 Å². The van der Waals surface area contributed by atoms with E-state index in [-0.39, 0.29) is 17.7 Å². The van der Waals surface area contributed by atoms with Crippen LogP contribution in [0.15, 0.2) is 24.3 Å². The van der Waals surface area contributed by atoms with Gasteiger partial charge in [-0.2, -0.15) is 0 Å². The molecule has 0 aromatic heterocycles. The number of Topliss-reactive ketones (excluding diaryl/α,β-unsaturated/α-hetero) is 1. The Morgan fingerprint density at radius 1 is 1.18 bits per heavy atom. The molecule has 0 radical (unpaired) electrons. The number of carbonyl (C=O) groups is 2. The first-order valence-electron chi connectivity index (χ1n) is 5.89. The zero-order valence-electron chi connectivity index (χ0n) is 9.40. The number of amides is 1. The molecule has 4 nitrogen and oxygen atoms in total. The van der Waals surface area contributed by atoms with Crippen LogP contribution in [0.1, 0.15) is 23.6 Å². The summed E-state index contributed by atoms with van der Waals surface area (Å²) in [5.41, 5.74) is 2.27. The Labute approximate surface area is 99.4 Å². The maximum absolute atomic E-state index is 11.9. The summed E-state index contributed by atoms with van der Waals surface area (Å²) in [5.74, 6) is -0.661. The van der Waals surface area contributed by atoms with Gasteiger partial charge in [0.15, 0.2) is 0 Å². The Morgan fingerprint density at radius 3 is 2.82 bits per heavy atom. The number of hydrogen-bond acceptors (Lipinski definition) is 3. The molecule has 2 unspecified atom stereocenters. The number of nitrogens with one attached hydrogen (secondary N) is 2. The van der Waals surface area contributed by atoms with E-state index in [1.807, 2.05) is 24.3 Å². The van der Waals surface area contributed by atoms with Crippen molar-refractivity contribution in [2.24, 2.45) is 5.92 Å². The fraction of sp³-hybridized carbons (Fsp3) is 0.385. The predicted molar refractivity (Wildman–Crippen MR) is 62.1 cm³/mol. The average Bonchev–Trinajstić information content (AvgIpc) is 2.73. The first-order chi connectivity index (χ1) is 8.27. The van der Waals surface area contributed by atoms with Crippen LogP contribution in [0.2, 0.25) is 0 Å². The molecule has 0 bridgehead atoms. The summed E-state index contributed by atoms with van der Waals surface area (Å²) in [7, 11) is 0. The van der Waals surface area contributed by atoms with Crippen LogP contribution in [0.25, 0.3) is 0 Å². The van der Waals surface area contributed by atoms with Gasteiger partial charge in [-0.05, 0) is 11.1 Å². The van der Waals surface area contributed by atoms with Gasteiger partial charge in [-0.1, -0.05) is 24.3 Å². The number of benzene rings is 1. The number of hydrogen-bond donors (Lipinski definition) is 2. The fourth-order valence-electron chi connectivity index (χ4n) is 2.68. The van der Waals surface area contributed by atoms with E-state index >= 15 is 0 Å². The molecule has 2 atom stereocenters. The van der Waals surface area contributed by atoms with E-state index in [0.717, 1.165) is 12.1 Å². The monoisotopic (exact) mass is 230 g/mol. The van der Waals surface area contributed by atoms with Crippen LogP contribution in [-0.2, 0) is 16.1 Å². The van der Waals surface area contributed by atoms with Gasteiger partial charge in [-0.3, -0.25) is 9.59 Å². The molecule has 1 amide bonds. The molecule has 88 valence electrons. The van der Waals surface area contributed by atoms with Gasteiger partial charge >= 0.3 is 0 Å². The summed E-state index contributed by atoms with van der Waals surface area (Å²) in [4.78, 5) is 23.7. The second-order valence-electron chi connectivity index (χ2n) is 4.54. The topological polar surface area (TPSA) is 58.2 Å². The maximum atomic E-state index is 11.9. The molecular weight excluding hydrogens is 216 g/mol. The van der Waals surface area contributed by atoms with Crippen LogP contribution in [0.4, 0.5) is 0 Å². The molecule has 3 rings (SSSR count). The first kappa shape index (κ1) is 10.5. The number of fused-ring (bicyclic) bond motifs is 1. The molecule has 0 aliphatic carbocycles. The van der Waals surface area contributed by atoms with E-state index in [2.05, 4.69) is 10.6 Å². The van der Waals surface area contributed by atoms with Crippen LogP contribution < -0.4 is 10.6 Å². The van der Waals surface area contributed by atoms with Crippen LogP contribution >= 0.6 is 0 Å². The van der Waals surface area contributed by atoms with Crippen molar-refractivity contribution in [2.75, 3.05) is 6.54 Å². The summed E-state index contributed by atoms with van der Waals surface area (Å²) in [6.07, 6.45) is 0.441. The number of carbonyl (C=O) groups excluding carboxylic acids is 2. The largest absolute Gasteiger partial charge is 0.355 e. The molecule has 17 heavy (non-hydrogen) atoms. The Balaban J connectivity index is 1.95. The van der Waals surface area contributed by atoms with E-state index < -0.39 is 5.92 Å². The molecule has 1 saturated heterocycles. The van der Waals surface area contributed by atoms with Gasteiger partial charge in [0.1, 0.15) is 11.7 Å². The Morgan fingerprint density at radius 2 is 2.00 bits per heavy atom. The molecule has 4 heteroatoms. The third-order valence-corrected chi connectivity index (χ3v) is 3.54. The molecule has 1 aromatic carbocycles. The third-order valence-electron chi connectivity index (χ3n) is 3.54. The van der Waals surface area contributed by atoms with Gasteiger partial charge in [0.2, 0.25) is 5.91 Å². The lowest BCUT2D eigenvalue weighted by molar-refractivity contribution is -0.138. The highest BCUT2D eigenvalue weighted by atomic mass is 16.2. The van der Waals surface area contributed by atoms with Gasteiger partial charge in [-0.15, -0.1) is 0 Å². The van der Waals surface area contributed by atoms with Crippen molar-refractivity contribution < 1.29 is 9.59 Å². The normalized spacial score (nSPS) is 27.8. The van der Waals surface area contributed by atoms with Crippen LogP contribution in [0, 0.1) is 5.92 Å². The lowest BCUT2D eigenvalue weighted by Crippen LogP contribution is -2.47. The Bertz CT molecular complexity index is 468. The summed E-state index contributed by atoms with van der Waals surface area (Å²) in [6, 6.07) is 7.80. The second-order valence-corrected chi connectivity index (χ2v) is 4.54. The smallest absolute Gasteiger partial charge is 0.232 e. The summed E-state index contributed by atoms with van der Waals surface area (Å²) >= 11 is 0. The van der Waals surface area contributed by atoms with Crippen LogP contribution in [-0.4, -0.2) is 18.2 Å². The molecule has 0 saturated carbocycles. The van der Waals surface area contributed by atoms with Crippen molar-refractivity contribution in [3.63, 3.8) is 0 Å². The SMILES string of the molecule is O=C1CCNC(=O)C1C1NCc2ccccc21. The zero-order chi connectivity index (χ0) is 11.8. The minimum absolute atomic E-state index is 0.0444. The van der Waals surface area contributed by atoms with Crippen molar-refractivity contribution in [3.8, 4) is 0 Å². The fourth-order valence-corrected chi connectivity index (χ4v) is 2.68. The average molecular weight is 230 g/mol. The van der Waals surface area contributed by atoms with Crippen molar-refractivity contribution in [1.82, 2.24) is 10.6 Å². The molecule has 0 spiro atoms. The Kier molecular flexibility index (Phi) is 2.44. The standard InChI is InChI=1S/C13H14N2O2/c16-10-5-6-14-13(17)11(10)12-9-4-2-1-3-8(9)7-15-12/h1-4,11-12,15H,5-7H2,(H,14,17). The maximum Gasteiger partial charge on any atom is 0.232 e. The zero-order valence-corrected chi connectivity index (χ0v) is 9.40. The highest BCUT2D eigenvalue weighted by molar-refractivity contribution is 6.04. The van der Waals surface area contributed by atoms with Gasteiger partial charge in [-0.25, -0.2) is 0 Å². The highest BCUT2D eigenvalue weighted by Gasteiger charge is 2.40. The Hall–Kier alpha value is -1.68. The van der Waals surface area contributed by atoms with E-state index in [1.165, 1.54) is 5.56 Å². The summed E-state index contributed by atoms with van der Waals surface area (Å²) in [6.45, 7) is 1.21. The number of rotatable bonds is 1. The number of piperidine rings is 1. The minimum atomic E-state index is -0.563. The molecular formula is C13H14N2O2. The van der Waals surface area contributed by atoms with Crippen LogP contribution in [0.3, 0.4) is 0 Å².